The van der Waals surface area contributed by atoms with Crippen molar-refractivity contribution in [1.82, 2.24) is 5.32 Å². The third-order valence-corrected chi connectivity index (χ3v) is 3.14. The van der Waals surface area contributed by atoms with Gasteiger partial charge in [-0.3, -0.25) is 0 Å². The van der Waals surface area contributed by atoms with Crippen LogP contribution in [0.15, 0.2) is 18.2 Å². The molecule has 1 rings (SSSR count). The SMILES string of the molecule is CCC(C)CC(C)NCc1c(F)cccc1F. The zero-order valence-electron chi connectivity index (χ0n) is 10.8. The Balaban J connectivity index is 2.50. The summed E-state index contributed by atoms with van der Waals surface area (Å²) in [5.74, 6) is -0.329. The predicted molar refractivity (Wildman–Crippen MR) is 66.7 cm³/mol. The molecule has 0 aromatic heterocycles. The first kappa shape index (κ1) is 14.1. The van der Waals surface area contributed by atoms with Crippen LogP contribution in [0.25, 0.3) is 0 Å². The van der Waals surface area contributed by atoms with Crippen molar-refractivity contribution in [2.75, 3.05) is 0 Å². The lowest BCUT2D eigenvalue weighted by Gasteiger charge is -2.17. The van der Waals surface area contributed by atoms with Gasteiger partial charge in [0.15, 0.2) is 0 Å². The molecule has 0 fully saturated rings. The molecule has 0 spiro atoms. The number of hydrogen-bond acceptors (Lipinski definition) is 1. The van der Waals surface area contributed by atoms with Gasteiger partial charge in [-0.15, -0.1) is 0 Å². The molecule has 1 N–H and O–H groups in total. The number of rotatable bonds is 6. The molecule has 1 aromatic rings. The topological polar surface area (TPSA) is 12.0 Å². The summed E-state index contributed by atoms with van der Waals surface area (Å²) >= 11 is 0. The van der Waals surface area contributed by atoms with Crippen LogP contribution < -0.4 is 5.32 Å². The normalized spacial score (nSPS) is 14.6. The number of benzene rings is 1. The molecule has 0 aliphatic rings. The molecular formula is C14H21F2N. The molecule has 96 valence electrons. The minimum atomic E-state index is -0.478. The quantitative estimate of drug-likeness (QED) is 0.797. The maximum atomic E-state index is 13.3. The summed E-state index contributed by atoms with van der Waals surface area (Å²) in [4.78, 5) is 0. The van der Waals surface area contributed by atoms with Gasteiger partial charge in [0.2, 0.25) is 0 Å². The third-order valence-electron chi connectivity index (χ3n) is 3.14. The number of halogens is 2. The van der Waals surface area contributed by atoms with Gasteiger partial charge in [-0.2, -0.15) is 0 Å². The molecule has 3 heteroatoms. The van der Waals surface area contributed by atoms with Crippen LogP contribution in [-0.4, -0.2) is 6.04 Å². The van der Waals surface area contributed by atoms with Crippen molar-refractivity contribution in [3.63, 3.8) is 0 Å². The molecule has 1 aromatic carbocycles. The van der Waals surface area contributed by atoms with Crippen LogP contribution in [-0.2, 0) is 6.54 Å². The Morgan fingerprint density at radius 1 is 1.18 bits per heavy atom. The lowest BCUT2D eigenvalue weighted by Crippen LogP contribution is -2.28. The highest BCUT2D eigenvalue weighted by atomic mass is 19.1. The molecule has 2 unspecified atom stereocenters. The lowest BCUT2D eigenvalue weighted by atomic mass is 10.0. The van der Waals surface area contributed by atoms with Gasteiger partial charge in [-0.25, -0.2) is 8.78 Å². The van der Waals surface area contributed by atoms with E-state index in [0.29, 0.717) is 5.92 Å². The molecule has 1 nitrogen and oxygen atoms in total. The van der Waals surface area contributed by atoms with E-state index in [1.807, 2.05) is 6.92 Å². The van der Waals surface area contributed by atoms with Crippen molar-refractivity contribution in [2.45, 2.75) is 46.2 Å². The van der Waals surface area contributed by atoms with Gasteiger partial charge in [0, 0.05) is 18.2 Å². The average Bonchev–Trinajstić information content (AvgIpc) is 2.28. The van der Waals surface area contributed by atoms with Gasteiger partial charge in [0.25, 0.3) is 0 Å². The summed E-state index contributed by atoms with van der Waals surface area (Å²) in [6.45, 7) is 6.62. The standard InChI is InChI=1S/C14H21F2N/c1-4-10(2)8-11(3)17-9-12-13(15)6-5-7-14(12)16/h5-7,10-11,17H,4,8-9H2,1-3H3. The van der Waals surface area contributed by atoms with E-state index in [4.69, 9.17) is 0 Å². The highest BCUT2D eigenvalue weighted by molar-refractivity contribution is 5.19. The Morgan fingerprint density at radius 3 is 2.29 bits per heavy atom. The van der Waals surface area contributed by atoms with Crippen LogP contribution in [0, 0.1) is 17.6 Å². The molecule has 0 heterocycles. The second kappa shape index (κ2) is 6.70. The zero-order chi connectivity index (χ0) is 12.8. The maximum absolute atomic E-state index is 13.3. The summed E-state index contributed by atoms with van der Waals surface area (Å²) < 4.78 is 26.7. The van der Waals surface area contributed by atoms with Gasteiger partial charge >= 0.3 is 0 Å². The average molecular weight is 241 g/mol. The van der Waals surface area contributed by atoms with Crippen molar-refractivity contribution < 1.29 is 8.78 Å². The zero-order valence-corrected chi connectivity index (χ0v) is 10.8. The monoisotopic (exact) mass is 241 g/mol. The van der Waals surface area contributed by atoms with E-state index in [-0.39, 0.29) is 18.2 Å². The molecule has 0 radical (unpaired) electrons. The van der Waals surface area contributed by atoms with Crippen LogP contribution in [0.5, 0.6) is 0 Å². The molecule has 0 aliphatic heterocycles. The molecule has 0 bridgehead atoms. The Morgan fingerprint density at radius 2 is 1.76 bits per heavy atom. The first-order chi connectivity index (χ1) is 8.04. The summed E-state index contributed by atoms with van der Waals surface area (Å²) in [6, 6.07) is 4.24. The van der Waals surface area contributed by atoms with E-state index in [1.54, 1.807) is 0 Å². The summed E-state index contributed by atoms with van der Waals surface area (Å²) in [6.07, 6.45) is 2.15. The highest BCUT2D eigenvalue weighted by Gasteiger charge is 2.11. The number of nitrogens with one attached hydrogen (secondary N) is 1. The molecule has 0 saturated carbocycles. The van der Waals surface area contributed by atoms with Gasteiger partial charge in [-0.05, 0) is 31.4 Å². The fourth-order valence-corrected chi connectivity index (χ4v) is 1.83. The molecular weight excluding hydrogens is 220 g/mol. The van der Waals surface area contributed by atoms with Gasteiger partial charge < -0.3 is 5.32 Å². The second-order valence-corrected chi connectivity index (χ2v) is 4.73. The minimum absolute atomic E-state index is 0.128. The third kappa shape index (κ3) is 4.43. The van der Waals surface area contributed by atoms with E-state index in [1.165, 1.54) is 18.2 Å². The van der Waals surface area contributed by atoms with Crippen LogP contribution in [0.4, 0.5) is 8.78 Å². The van der Waals surface area contributed by atoms with Crippen molar-refractivity contribution in [3.8, 4) is 0 Å². The molecule has 0 saturated heterocycles. The molecule has 0 amide bonds. The maximum Gasteiger partial charge on any atom is 0.130 e. The molecule has 0 aliphatic carbocycles. The molecule has 17 heavy (non-hydrogen) atoms. The summed E-state index contributed by atoms with van der Waals surface area (Å²) in [5, 5.41) is 3.17. The Hall–Kier alpha value is -0.960. The van der Waals surface area contributed by atoms with Crippen LogP contribution in [0.2, 0.25) is 0 Å². The Labute approximate surface area is 102 Å². The van der Waals surface area contributed by atoms with Gasteiger partial charge in [-0.1, -0.05) is 26.3 Å². The smallest absolute Gasteiger partial charge is 0.130 e. The second-order valence-electron chi connectivity index (χ2n) is 4.73. The predicted octanol–water partition coefficient (Wildman–Crippen LogP) is 3.88. The van der Waals surface area contributed by atoms with Crippen LogP contribution in [0.1, 0.15) is 39.2 Å². The fourth-order valence-electron chi connectivity index (χ4n) is 1.83. The highest BCUT2D eigenvalue weighted by Crippen LogP contribution is 2.13. The van der Waals surface area contributed by atoms with Crippen molar-refractivity contribution in [3.05, 3.63) is 35.4 Å². The van der Waals surface area contributed by atoms with Crippen LogP contribution in [0.3, 0.4) is 0 Å². The van der Waals surface area contributed by atoms with Crippen molar-refractivity contribution in [2.24, 2.45) is 5.92 Å². The Bertz CT molecular complexity index is 332. The first-order valence-electron chi connectivity index (χ1n) is 6.20. The van der Waals surface area contributed by atoms with Crippen molar-refractivity contribution >= 4 is 0 Å². The number of hydrogen-bond donors (Lipinski definition) is 1. The summed E-state index contributed by atoms with van der Waals surface area (Å²) in [7, 11) is 0. The van der Waals surface area contributed by atoms with Crippen LogP contribution >= 0.6 is 0 Å². The lowest BCUT2D eigenvalue weighted by molar-refractivity contribution is 0.405. The fraction of sp³-hybridized carbons (Fsp3) is 0.571. The summed E-state index contributed by atoms with van der Waals surface area (Å²) in [5.41, 5.74) is 0.128. The van der Waals surface area contributed by atoms with E-state index < -0.39 is 11.6 Å². The van der Waals surface area contributed by atoms with Gasteiger partial charge in [0.05, 0.1) is 0 Å². The van der Waals surface area contributed by atoms with Gasteiger partial charge in [0.1, 0.15) is 11.6 Å². The Kier molecular flexibility index (Phi) is 5.56. The van der Waals surface area contributed by atoms with E-state index in [0.717, 1.165) is 12.8 Å². The van der Waals surface area contributed by atoms with Crippen molar-refractivity contribution in [1.29, 1.82) is 0 Å². The van der Waals surface area contributed by atoms with E-state index in [9.17, 15) is 8.78 Å². The molecule has 2 atom stereocenters. The van der Waals surface area contributed by atoms with E-state index >= 15 is 0 Å². The minimum Gasteiger partial charge on any atom is -0.310 e. The van der Waals surface area contributed by atoms with E-state index in [2.05, 4.69) is 19.2 Å². The largest absolute Gasteiger partial charge is 0.310 e. The first-order valence-corrected chi connectivity index (χ1v) is 6.20.